The number of carbonyl (C=O) groups excluding carboxylic acids is 2. The van der Waals surface area contributed by atoms with Crippen LogP contribution in [-0.2, 0) is 35.0 Å². The fraction of sp³-hybridized carbons (Fsp3) is 0.636. The lowest BCUT2D eigenvalue weighted by atomic mass is 10.1. The summed E-state index contributed by atoms with van der Waals surface area (Å²) < 4.78 is 22.8. The molecule has 2 aliphatic heterocycles. The van der Waals surface area contributed by atoms with Crippen LogP contribution in [0.1, 0.15) is 39.0 Å². The van der Waals surface area contributed by atoms with E-state index in [1.165, 1.54) is 24.6 Å². The Morgan fingerprint density at radius 3 is 2.58 bits per heavy atom. The molecule has 0 aliphatic carbocycles. The Balaban J connectivity index is 1.73. The smallest absolute Gasteiger partial charge is 0.330 e. The van der Waals surface area contributed by atoms with Gasteiger partial charge in [0.2, 0.25) is 0 Å². The number of nitrogens with zero attached hydrogens (tertiary/aromatic N) is 2. The Morgan fingerprint density at radius 2 is 1.91 bits per heavy atom. The Labute approximate surface area is 191 Å². The molecule has 3 rings (SSSR count). The molecule has 0 saturated carbocycles. The van der Waals surface area contributed by atoms with E-state index in [-0.39, 0.29) is 13.0 Å². The summed E-state index contributed by atoms with van der Waals surface area (Å²) in [5.41, 5.74) is 0.435. The van der Waals surface area contributed by atoms with Gasteiger partial charge in [-0.25, -0.2) is 4.79 Å². The third-order valence-corrected chi connectivity index (χ3v) is 5.55. The van der Waals surface area contributed by atoms with E-state index in [1.807, 2.05) is 13.0 Å². The van der Waals surface area contributed by atoms with E-state index in [4.69, 9.17) is 18.9 Å². The first-order chi connectivity index (χ1) is 15.7. The monoisotopic (exact) mass is 465 g/mol. The van der Waals surface area contributed by atoms with Gasteiger partial charge < -0.3 is 18.9 Å². The summed E-state index contributed by atoms with van der Waals surface area (Å²) in [6, 6.07) is 0. The van der Waals surface area contributed by atoms with Crippen molar-refractivity contribution in [1.82, 2.24) is 14.5 Å². The number of carbonyl (C=O) groups is 2. The molecule has 0 spiro atoms. The summed E-state index contributed by atoms with van der Waals surface area (Å²) in [5, 5.41) is 0. The molecule has 33 heavy (non-hydrogen) atoms. The van der Waals surface area contributed by atoms with Crippen LogP contribution in [0, 0.1) is 0 Å². The fourth-order valence-corrected chi connectivity index (χ4v) is 3.90. The summed E-state index contributed by atoms with van der Waals surface area (Å²) in [6.07, 6.45) is 1.78. The van der Waals surface area contributed by atoms with Gasteiger partial charge in [0.25, 0.3) is 5.56 Å². The lowest BCUT2D eigenvalue weighted by Gasteiger charge is -2.26. The molecule has 0 aromatic carbocycles. The molecular formula is C22H31N3O8. The molecule has 0 amide bonds. The van der Waals surface area contributed by atoms with Crippen LogP contribution in [0.5, 0.6) is 0 Å². The number of aromatic nitrogens is 2. The van der Waals surface area contributed by atoms with Crippen molar-refractivity contribution in [1.29, 1.82) is 0 Å². The summed E-state index contributed by atoms with van der Waals surface area (Å²) in [5.74, 6) is -1.00. The van der Waals surface area contributed by atoms with Crippen LogP contribution in [0.3, 0.4) is 0 Å². The van der Waals surface area contributed by atoms with Gasteiger partial charge in [-0.05, 0) is 13.3 Å². The Bertz CT molecular complexity index is 992. The van der Waals surface area contributed by atoms with Gasteiger partial charge in [-0.2, -0.15) is 0 Å². The molecule has 3 heterocycles. The van der Waals surface area contributed by atoms with Gasteiger partial charge in [0.05, 0.1) is 13.2 Å². The highest BCUT2D eigenvalue weighted by Gasteiger charge is 2.39. The number of nitrogens with one attached hydrogen (secondary N) is 1. The minimum Gasteiger partial charge on any atom is -0.463 e. The molecule has 0 unspecified atom stereocenters. The summed E-state index contributed by atoms with van der Waals surface area (Å²) in [6.45, 7) is 8.38. The van der Waals surface area contributed by atoms with Crippen LogP contribution in [0.2, 0.25) is 0 Å². The molecule has 0 radical (unpaired) electrons. The summed E-state index contributed by atoms with van der Waals surface area (Å²) >= 11 is 0. The summed E-state index contributed by atoms with van der Waals surface area (Å²) in [4.78, 5) is 52.1. The van der Waals surface area contributed by atoms with Crippen LogP contribution in [0.4, 0.5) is 0 Å². The van der Waals surface area contributed by atoms with E-state index in [0.29, 0.717) is 25.2 Å². The molecule has 11 nitrogen and oxygen atoms in total. The van der Waals surface area contributed by atoms with E-state index < -0.39 is 41.6 Å². The van der Waals surface area contributed by atoms with Gasteiger partial charge in [0, 0.05) is 51.7 Å². The van der Waals surface area contributed by atoms with Crippen molar-refractivity contribution >= 4 is 11.9 Å². The highest BCUT2D eigenvalue weighted by Crippen LogP contribution is 2.30. The molecule has 2 aliphatic rings. The molecule has 0 bridgehead atoms. The van der Waals surface area contributed by atoms with Crippen LogP contribution in [-0.4, -0.2) is 78.1 Å². The molecule has 1 aromatic rings. The maximum Gasteiger partial charge on any atom is 0.330 e. The number of allylic oxidation sites excluding steroid dienone is 1. The third kappa shape index (κ3) is 7.11. The van der Waals surface area contributed by atoms with Crippen LogP contribution in [0.25, 0.3) is 0 Å². The van der Waals surface area contributed by atoms with Crippen molar-refractivity contribution in [2.45, 2.75) is 52.0 Å². The van der Waals surface area contributed by atoms with Crippen molar-refractivity contribution in [3.8, 4) is 0 Å². The van der Waals surface area contributed by atoms with E-state index in [9.17, 15) is 19.2 Å². The largest absolute Gasteiger partial charge is 0.463 e. The number of aromatic amines is 1. The van der Waals surface area contributed by atoms with E-state index in [1.54, 1.807) is 0 Å². The second-order valence-electron chi connectivity index (χ2n) is 8.28. The predicted octanol–water partition coefficient (Wildman–Crippen LogP) is 0.140. The van der Waals surface area contributed by atoms with Gasteiger partial charge in [0.1, 0.15) is 25.0 Å². The van der Waals surface area contributed by atoms with Crippen LogP contribution < -0.4 is 11.2 Å². The highest BCUT2D eigenvalue weighted by molar-refractivity contribution is 5.66. The van der Waals surface area contributed by atoms with Gasteiger partial charge in [-0.3, -0.25) is 28.8 Å². The highest BCUT2D eigenvalue weighted by atomic mass is 16.6. The first kappa shape index (κ1) is 24.9. The van der Waals surface area contributed by atoms with Gasteiger partial charge in [-0.15, -0.1) is 0 Å². The maximum atomic E-state index is 12.5. The molecule has 2 fully saturated rings. The Morgan fingerprint density at radius 1 is 1.18 bits per heavy atom. The first-order valence-electron chi connectivity index (χ1n) is 11.0. The second-order valence-corrected chi connectivity index (χ2v) is 8.28. The number of esters is 2. The van der Waals surface area contributed by atoms with Crippen molar-refractivity contribution in [3.63, 3.8) is 0 Å². The first-order valence-corrected chi connectivity index (χ1v) is 11.0. The van der Waals surface area contributed by atoms with Crippen molar-refractivity contribution in [3.05, 3.63) is 44.2 Å². The molecule has 182 valence electrons. The lowest BCUT2D eigenvalue weighted by molar-refractivity contribution is -0.155. The SMILES string of the molecule is CC(=O)OC[C@H]1O[C@@H](n2cc(C/C=C(\C)CN3CCOCC3)c(=O)[nH]c2=O)C[C@@H]1OC(C)=O. The van der Waals surface area contributed by atoms with E-state index >= 15 is 0 Å². The second kappa shape index (κ2) is 11.4. The normalized spacial score (nSPS) is 24.0. The van der Waals surface area contributed by atoms with Crippen LogP contribution >= 0.6 is 0 Å². The predicted molar refractivity (Wildman–Crippen MR) is 117 cm³/mol. The Hall–Kier alpha value is -2.76. The molecule has 1 aromatic heterocycles. The fourth-order valence-electron chi connectivity index (χ4n) is 3.90. The standard InChI is InChI=1S/C22H31N3O8/c1-14(11-24-6-8-30-9-7-24)4-5-17-12-25(22(29)23-21(17)28)20-10-18(32-16(3)27)19(33-20)13-31-15(2)26/h4,12,18-20H,5-11,13H2,1-3H3,(H,23,28,29)/b14-4+/t18-,19+,20+/m0/s1. The minimum atomic E-state index is -0.781. The third-order valence-electron chi connectivity index (χ3n) is 5.55. The zero-order valence-electron chi connectivity index (χ0n) is 19.2. The molecular weight excluding hydrogens is 434 g/mol. The van der Waals surface area contributed by atoms with Crippen LogP contribution in [0.15, 0.2) is 27.4 Å². The Kier molecular flexibility index (Phi) is 8.59. The number of hydrogen-bond acceptors (Lipinski definition) is 9. The number of H-pyrrole nitrogens is 1. The van der Waals surface area contributed by atoms with E-state index in [2.05, 4.69) is 9.88 Å². The van der Waals surface area contributed by atoms with Crippen molar-refractivity contribution in [2.75, 3.05) is 39.5 Å². The summed E-state index contributed by atoms with van der Waals surface area (Å²) in [7, 11) is 0. The minimum absolute atomic E-state index is 0.113. The molecule has 2 saturated heterocycles. The maximum absolute atomic E-state index is 12.5. The average molecular weight is 466 g/mol. The zero-order valence-corrected chi connectivity index (χ0v) is 19.2. The lowest BCUT2D eigenvalue weighted by Crippen LogP contribution is -2.37. The number of ether oxygens (including phenoxy) is 4. The zero-order chi connectivity index (χ0) is 24.0. The van der Waals surface area contributed by atoms with Crippen molar-refractivity contribution in [2.24, 2.45) is 0 Å². The number of morpholine rings is 1. The molecule has 11 heteroatoms. The number of hydrogen-bond donors (Lipinski definition) is 1. The molecule has 3 atom stereocenters. The molecule has 1 N–H and O–H groups in total. The van der Waals surface area contributed by atoms with Gasteiger partial charge >= 0.3 is 17.6 Å². The van der Waals surface area contributed by atoms with Gasteiger partial charge in [-0.1, -0.05) is 11.6 Å². The van der Waals surface area contributed by atoms with Gasteiger partial charge in [0.15, 0.2) is 0 Å². The quantitative estimate of drug-likeness (QED) is 0.421. The average Bonchev–Trinajstić information content (AvgIpc) is 3.14. The number of rotatable bonds is 8. The van der Waals surface area contributed by atoms with Crippen molar-refractivity contribution < 1.29 is 28.5 Å². The topological polar surface area (TPSA) is 129 Å². The van der Waals surface area contributed by atoms with E-state index in [0.717, 1.165) is 25.2 Å².